The molecule has 1 saturated carbocycles. The lowest BCUT2D eigenvalue weighted by Crippen LogP contribution is -2.55. The van der Waals surface area contributed by atoms with E-state index in [1.54, 1.807) is 12.3 Å². The number of thiazole rings is 1. The monoisotopic (exact) mass is 308 g/mol. The summed E-state index contributed by atoms with van der Waals surface area (Å²) in [4.78, 5) is 28.5. The largest absolute Gasteiger partial charge is 0.480 e. The quantitative estimate of drug-likeness (QED) is 0.838. The van der Waals surface area contributed by atoms with E-state index in [0.29, 0.717) is 18.8 Å². The van der Waals surface area contributed by atoms with Gasteiger partial charge >= 0.3 is 5.97 Å². The highest BCUT2D eigenvalue weighted by Gasteiger charge is 2.42. The summed E-state index contributed by atoms with van der Waals surface area (Å²) in [7, 11) is 0. The van der Waals surface area contributed by atoms with Gasteiger partial charge in [-0.05, 0) is 44.6 Å². The van der Waals surface area contributed by atoms with Crippen molar-refractivity contribution in [1.82, 2.24) is 10.3 Å². The predicted octanol–water partition coefficient (Wildman–Crippen LogP) is 2.61. The fourth-order valence-electron chi connectivity index (χ4n) is 2.54. The Morgan fingerprint density at radius 3 is 2.67 bits per heavy atom. The third-order valence-corrected chi connectivity index (χ3v) is 4.82. The van der Waals surface area contributed by atoms with Crippen molar-refractivity contribution >= 4 is 29.3 Å². The summed E-state index contributed by atoms with van der Waals surface area (Å²) < 4.78 is 0. The van der Waals surface area contributed by atoms with E-state index in [9.17, 15) is 14.7 Å². The Labute approximate surface area is 128 Å². The lowest BCUT2D eigenvalue weighted by Gasteiger charge is -2.36. The molecule has 1 aliphatic rings. The van der Waals surface area contributed by atoms with E-state index in [1.807, 2.05) is 6.92 Å². The van der Waals surface area contributed by atoms with Crippen LogP contribution in [0.5, 0.6) is 0 Å². The second-order valence-electron chi connectivity index (χ2n) is 5.67. The molecule has 1 aliphatic carbocycles. The van der Waals surface area contributed by atoms with E-state index in [2.05, 4.69) is 17.2 Å². The molecule has 0 atom stereocenters. The lowest BCUT2D eigenvalue weighted by atomic mass is 9.77. The number of hydrogen-bond donors (Lipinski definition) is 2. The van der Waals surface area contributed by atoms with Crippen LogP contribution in [-0.4, -0.2) is 27.5 Å². The van der Waals surface area contributed by atoms with Crippen LogP contribution in [0.2, 0.25) is 0 Å². The van der Waals surface area contributed by atoms with Crippen molar-refractivity contribution in [3.63, 3.8) is 0 Å². The Hall–Kier alpha value is -1.69. The summed E-state index contributed by atoms with van der Waals surface area (Å²) in [5.41, 5.74) is -1.11. The summed E-state index contributed by atoms with van der Waals surface area (Å²) >= 11 is 1.49. The number of aromatic nitrogens is 1. The number of hydrogen-bond acceptors (Lipinski definition) is 4. The van der Waals surface area contributed by atoms with Crippen molar-refractivity contribution in [3.05, 3.63) is 22.2 Å². The van der Waals surface area contributed by atoms with Gasteiger partial charge in [0.05, 0.1) is 5.01 Å². The van der Waals surface area contributed by atoms with Crippen LogP contribution in [0.1, 0.15) is 42.5 Å². The summed E-state index contributed by atoms with van der Waals surface area (Å²) in [6.45, 7) is 4.00. The van der Waals surface area contributed by atoms with Crippen LogP contribution in [0.15, 0.2) is 12.3 Å². The van der Waals surface area contributed by atoms with Crippen LogP contribution in [0, 0.1) is 12.8 Å². The third kappa shape index (κ3) is 3.91. The number of carbonyl (C=O) groups excluding carboxylic acids is 1. The van der Waals surface area contributed by atoms with Crippen molar-refractivity contribution < 1.29 is 14.7 Å². The molecule has 1 heterocycles. The summed E-state index contributed by atoms with van der Waals surface area (Å²) in [5, 5.41) is 13.1. The summed E-state index contributed by atoms with van der Waals surface area (Å²) in [6, 6.07) is 0. The highest BCUT2D eigenvalue weighted by atomic mass is 32.1. The number of aryl methyl sites for hydroxylation is 1. The Morgan fingerprint density at radius 1 is 1.48 bits per heavy atom. The molecule has 0 aliphatic heterocycles. The van der Waals surface area contributed by atoms with Gasteiger partial charge in [-0.15, -0.1) is 11.3 Å². The Morgan fingerprint density at radius 2 is 2.14 bits per heavy atom. The van der Waals surface area contributed by atoms with E-state index < -0.39 is 11.5 Å². The first-order valence-corrected chi connectivity index (χ1v) is 7.89. The predicted molar refractivity (Wildman–Crippen MR) is 82.0 cm³/mol. The molecule has 0 bridgehead atoms. The van der Waals surface area contributed by atoms with Crippen molar-refractivity contribution in [2.24, 2.45) is 5.92 Å². The number of nitrogens with zero attached hydrogens (tertiary/aromatic N) is 1. The zero-order valence-electron chi connectivity index (χ0n) is 12.3. The molecule has 0 saturated heterocycles. The van der Waals surface area contributed by atoms with E-state index in [4.69, 9.17) is 0 Å². The maximum absolute atomic E-state index is 12.0. The summed E-state index contributed by atoms with van der Waals surface area (Å²) in [5.74, 6) is -0.784. The molecular weight excluding hydrogens is 288 g/mol. The zero-order chi connectivity index (χ0) is 15.5. The highest BCUT2D eigenvalue weighted by Crippen LogP contribution is 2.32. The Kier molecular flexibility index (Phi) is 4.77. The number of aliphatic carboxylic acids is 1. The second-order valence-corrected chi connectivity index (χ2v) is 6.94. The average Bonchev–Trinajstić information content (AvgIpc) is 2.85. The van der Waals surface area contributed by atoms with Gasteiger partial charge in [-0.25, -0.2) is 9.78 Å². The van der Waals surface area contributed by atoms with Gasteiger partial charge in [-0.3, -0.25) is 4.79 Å². The average molecular weight is 308 g/mol. The topological polar surface area (TPSA) is 79.3 Å². The molecule has 5 nitrogen and oxygen atoms in total. The molecule has 1 amide bonds. The molecule has 21 heavy (non-hydrogen) atoms. The van der Waals surface area contributed by atoms with Gasteiger partial charge in [-0.1, -0.05) is 6.92 Å². The fraction of sp³-hybridized carbons (Fsp3) is 0.533. The van der Waals surface area contributed by atoms with Crippen LogP contribution in [0.25, 0.3) is 6.08 Å². The molecule has 2 N–H and O–H groups in total. The van der Waals surface area contributed by atoms with Crippen LogP contribution < -0.4 is 5.32 Å². The van der Waals surface area contributed by atoms with Crippen molar-refractivity contribution in [1.29, 1.82) is 0 Å². The zero-order valence-corrected chi connectivity index (χ0v) is 13.1. The number of nitrogens with one attached hydrogen (secondary N) is 1. The fourth-order valence-corrected chi connectivity index (χ4v) is 3.23. The van der Waals surface area contributed by atoms with E-state index in [-0.39, 0.29) is 5.91 Å². The number of carbonyl (C=O) groups is 2. The van der Waals surface area contributed by atoms with Crippen LogP contribution in [-0.2, 0) is 9.59 Å². The van der Waals surface area contributed by atoms with Gasteiger partial charge in [0, 0.05) is 17.2 Å². The van der Waals surface area contributed by atoms with Crippen LogP contribution in [0.4, 0.5) is 0 Å². The van der Waals surface area contributed by atoms with Crippen molar-refractivity contribution in [3.8, 4) is 0 Å². The molecule has 0 radical (unpaired) electrons. The van der Waals surface area contributed by atoms with E-state index >= 15 is 0 Å². The minimum absolute atomic E-state index is 0.363. The van der Waals surface area contributed by atoms with Gasteiger partial charge in [0.2, 0.25) is 5.91 Å². The van der Waals surface area contributed by atoms with Crippen molar-refractivity contribution in [2.45, 2.75) is 45.1 Å². The second kappa shape index (κ2) is 6.39. The molecule has 2 rings (SSSR count). The molecule has 0 aromatic carbocycles. The number of carboxylic acids is 1. The molecule has 1 fully saturated rings. The van der Waals surface area contributed by atoms with Crippen LogP contribution in [0.3, 0.4) is 0 Å². The van der Waals surface area contributed by atoms with Gasteiger partial charge in [-0.2, -0.15) is 0 Å². The number of rotatable bonds is 4. The minimum Gasteiger partial charge on any atom is -0.480 e. The molecule has 0 spiro atoms. The standard InChI is InChI=1S/C15H20N2O3S/c1-10-5-7-15(8-6-10,14(19)20)17-13(18)4-3-12-9-16-11(2)21-12/h3-4,9-10H,5-8H2,1-2H3,(H,17,18)(H,19,20). The molecule has 6 heteroatoms. The van der Waals surface area contributed by atoms with Gasteiger partial charge in [0.15, 0.2) is 0 Å². The first kappa shape index (κ1) is 15.7. The minimum atomic E-state index is -1.11. The lowest BCUT2D eigenvalue weighted by molar-refractivity contribution is -0.149. The first-order chi connectivity index (χ1) is 9.91. The molecular formula is C15H20N2O3S. The number of carboxylic acid groups (broad SMARTS) is 1. The van der Waals surface area contributed by atoms with E-state index in [1.165, 1.54) is 17.4 Å². The normalized spacial score (nSPS) is 25.9. The summed E-state index contributed by atoms with van der Waals surface area (Å²) in [6.07, 6.45) is 7.37. The molecule has 1 aromatic heterocycles. The van der Waals surface area contributed by atoms with Gasteiger partial charge in [0.25, 0.3) is 0 Å². The maximum atomic E-state index is 12.0. The highest BCUT2D eigenvalue weighted by molar-refractivity contribution is 7.12. The van der Waals surface area contributed by atoms with Crippen molar-refractivity contribution in [2.75, 3.05) is 0 Å². The smallest absolute Gasteiger partial charge is 0.329 e. The molecule has 0 unspecified atom stereocenters. The van der Waals surface area contributed by atoms with Crippen LogP contribution >= 0.6 is 11.3 Å². The third-order valence-electron chi connectivity index (χ3n) is 3.94. The van der Waals surface area contributed by atoms with Gasteiger partial charge < -0.3 is 10.4 Å². The number of amides is 1. The molecule has 114 valence electrons. The Bertz CT molecular complexity index is 557. The maximum Gasteiger partial charge on any atom is 0.329 e. The van der Waals surface area contributed by atoms with Gasteiger partial charge in [0.1, 0.15) is 5.54 Å². The SMILES string of the molecule is Cc1ncc(C=CC(=O)NC2(C(=O)O)CCC(C)CC2)s1. The van der Waals surface area contributed by atoms with E-state index in [0.717, 1.165) is 22.7 Å². The Balaban J connectivity index is 2.02. The molecule has 1 aromatic rings. The first-order valence-electron chi connectivity index (χ1n) is 7.07.